The number of nitrogens with one attached hydrogen (secondary N) is 1. The molecular weight excluding hydrogens is 486 g/mol. The standard InChI is InChI=1S/C20H26ClN7O5S/c1-13(17(33-4)18-23-9-14(21)10-24-18)34(29,30)27-20-26-25-19(16-7-5-6-8-22-16)28(20)15(11-31-2)12-32-3/h5-10,13,15,17H,11-12H2,1-4H3,(H,26,27)/t13-,17-/m0/s1. The minimum atomic E-state index is -4.05. The van der Waals surface area contributed by atoms with Gasteiger partial charge in [0.2, 0.25) is 16.0 Å². The minimum absolute atomic E-state index is 0.0153. The van der Waals surface area contributed by atoms with E-state index in [1.165, 1.54) is 40.6 Å². The van der Waals surface area contributed by atoms with Crippen molar-refractivity contribution in [2.75, 3.05) is 39.3 Å². The van der Waals surface area contributed by atoms with E-state index in [9.17, 15) is 8.42 Å². The second-order valence-electron chi connectivity index (χ2n) is 7.26. The van der Waals surface area contributed by atoms with Gasteiger partial charge in [0.05, 0.1) is 24.3 Å². The third kappa shape index (κ3) is 5.85. The van der Waals surface area contributed by atoms with Gasteiger partial charge in [-0.3, -0.25) is 14.3 Å². The van der Waals surface area contributed by atoms with Gasteiger partial charge in [-0.2, -0.15) is 0 Å². The number of nitrogens with zero attached hydrogens (tertiary/aromatic N) is 6. The Bertz CT molecular complexity index is 1160. The second kappa shape index (κ2) is 11.6. The van der Waals surface area contributed by atoms with Gasteiger partial charge in [-0.25, -0.2) is 18.4 Å². The fraction of sp³-hybridized carbons (Fsp3) is 0.450. The van der Waals surface area contributed by atoms with Crippen molar-refractivity contribution >= 4 is 27.6 Å². The fourth-order valence-corrected chi connectivity index (χ4v) is 4.55. The van der Waals surface area contributed by atoms with Crippen LogP contribution in [0.4, 0.5) is 5.95 Å². The quantitative estimate of drug-likeness (QED) is 0.384. The van der Waals surface area contributed by atoms with Crippen LogP contribution in [0.5, 0.6) is 0 Å². The van der Waals surface area contributed by atoms with E-state index in [2.05, 4.69) is 29.9 Å². The van der Waals surface area contributed by atoms with Crippen LogP contribution in [0.2, 0.25) is 5.02 Å². The molecule has 14 heteroatoms. The van der Waals surface area contributed by atoms with E-state index >= 15 is 0 Å². The van der Waals surface area contributed by atoms with Crippen molar-refractivity contribution in [3.63, 3.8) is 0 Å². The van der Waals surface area contributed by atoms with Crippen molar-refractivity contribution in [1.29, 1.82) is 0 Å². The van der Waals surface area contributed by atoms with Crippen LogP contribution in [0.3, 0.4) is 0 Å². The summed E-state index contributed by atoms with van der Waals surface area (Å²) in [6, 6.07) is 4.87. The third-order valence-corrected chi connectivity index (χ3v) is 6.86. The number of anilines is 1. The van der Waals surface area contributed by atoms with E-state index in [1.54, 1.807) is 29.0 Å². The van der Waals surface area contributed by atoms with Crippen LogP contribution in [0, 0.1) is 0 Å². The van der Waals surface area contributed by atoms with E-state index in [4.69, 9.17) is 25.8 Å². The summed E-state index contributed by atoms with van der Waals surface area (Å²) < 4.78 is 46.9. The topological polar surface area (TPSA) is 143 Å². The van der Waals surface area contributed by atoms with Crippen LogP contribution in [-0.4, -0.2) is 77.9 Å². The predicted octanol–water partition coefficient (Wildman–Crippen LogP) is 2.14. The Kier molecular flexibility index (Phi) is 8.85. The summed E-state index contributed by atoms with van der Waals surface area (Å²) in [7, 11) is 0.400. The van der Waals surface area contributed by atoms with Gasteiger partial charge in [-0.15, -0.1) is 10.2 Å². The Morgan fingerprint density at radius 3 is 2.29 bits per heavy atom. The average Bonchev–Trinajstić information content (AvgIpc) is 3.23. The van der Waals surface area contributed by atoms with Crippen molar-refractivity contribution in [1.82, 2.24) is 29.7 Å². The average molecular weight is 512 g/mol. The monoisotopic (exact) mass is 511 g/mol. The highest BCUT2D eigenvalue weighted by atomic mass is 35.5. The first-order valence-corrected chi connectivity index (χ1v) is 12.1. The Hall–Kier alpha value is -2.71. The number of hydrogen-bond donors (Lipinski definition) is 1. The molecule has 0 spiro atoms. The molecule has 0 aliphatic rings. The SMILES string of the molecule is COCC(COC)n1c(NS(=O)(=O)[C@@H](C)[C@H](OC)c2ncc(Cl)cn2)nnc1-c1ccccn1. The first kappa shape index (κ1) is 25.9. The number of ether oxygens (including phenoxy) is 3. The first-order chi connectivity index (χ1) is 16.3. The Morgan fingerprint density at radius 1 is 1.06 bits per heavy atom. The Labute approximate surface area is 202 Å². The molecule has 184 valence electrons. The smallest absolute Gasteiger partial charge is 0.240 e. The number of rotatable bonds is 12. The number of sulfonamides is 1. The molecule has 0 amide bonds. The molecule has 3 aromatic rings. The molecule has 1 N–H and O–H groups in total. The molecule has 0 saturated carbocycles. The highest BCUT2D eigenvalue weighted by Crippen LogP contribution is 2.28. The summed E-state index contributed by atoms with van der Waals surface area (Å²) >= 11 is 5.85. The van der Waals surface area contributed by atoms with Gasteiger partial charge in [0.1, 0.15) is 17.0 Å². The zero-order valence-corrected chi connectivity index (χ0v) is 20.7. The Morgan fingerprint density at radius 2 is 1.74 bits per heavy atom. The Balaban J connectivity index is 1.99. The molecule has 0 aliphatic carbocycles. The maximum atomic E-state index is 13.3. The van der Waals surface area contributed by atoms with Crippen molar-refractivity contribution in [3.05, 3.63) is 47.6 Å². The molecule has 34 heavy (non-hydrogen) atoms. The predicted molar refractivity (Wildman–Crippen MR) is 125 cm³/mol. The van der Waals surface area contributed by atoms with Gasteiger partial charge >= 0.3 is 0 Å². The van der Waals surface area contributed by atoms with Crippen molar-refractivity contribution in [3.8, 4) is 11.5 Å². The summed E-state index contributed by atoms with van der Waals surface area (Å²) in [6.45, 7) is 1.92. The number of halogens is 1. The molecule has 12 nitrogen and oxygen atoms in total. The lowest BCUT2D eigenvalue weighted by Crippen LogP contribution is -2.34. The van der Waals surface area contributed by atoms with Gasteiger partial charge in [0.15, 0.2) is 11.6 Å². The third-order valence-electron chi connectivity index (χ3n) is 4.97. The number of methoxy groups -OCH3 is 3. The van der Waals surface area contributed by atoms with Crippen LogP contribution >= 0.6 is 11.6 Å². The molecule has 0 fully saturated rings. The molecule has 3 aromatic heterocycles. The zero-order chi connectivity index (χ0) is 24.7. The van der Waals surface area contributed by atoms with Gasteiger partial charge in [0, 0.05) is 39.9 Å². The normalized spacial score (nSPS) is 13.7. The highest BCUT2D eigenvalue weighted by molar-refractivity contribution is 7.93. The maximum absolute atomic E-state index is 13.3. The molecule has 0 radical (unpaired) electrons. The zero-order valence-electron chi connectivity index (χ0n) is 19.1. The van der Waals surface area contributed by atoms with Crippen molar-refractivity contribution in [2.24, 2.45) is 0 Å². The number of aromatic nitrogens is 6. The highest BCUT2D eigenvalue weighted by Gasteiger charge is 2.35. The number of pyridine rings is 1. The van der Waals surface area contributed by atoms with E-state index in [-0.39, 0.29) is 25.0 Å². The lowest BCUT2D eigenvalue weighted by Gasteiger charge is -2.24. The van der Waals surface area contributed by atoms with E-state index in [0.29, 0.717) is 16.5 Å². The van der Waals surface area contributed by atoms with Crippen LogP contribution < -0.4 is 4.72 Å². The van der Waals surface area contributed by atoms with Gasteiger partial charge < -0.3 is 14.2 Å². The molecule has 0 bridgehead atoms. The molecule has 3 heterocycles. The summed E-state index contributed by atoms with van der Waals surface area (Å²) in [4.78, 5) is 12.5. The summed E-state index contributed by atoms with van der Waals surface area (Å²) in [6.07, 6.45) is 3.39. The molecule has 0 aromatic carbocycles. The number of hydrogen-bond acceptors (Lipinski definition) is 10. The van der Waals surface area contributed by atoms with E-state index in [1.807, 2.05) is 0 Å². The lowest BCUT2D eigenvalue weighted by molar-refractivity contribution is 0.0907. The van der Waals surface area contributed by atoms with Gasteiger partial charge in [0.25, 0.3) is 0 Å². The second-order valence-corrected chi connectivity index (χ2v) is 9.74. The van der Waals surface area contributed by atoms with Crippen LogP contribution in [0.1, 0.15) is 24.9 Å². The molecule has 0 unspecified atom stereocenters. The molecule has 0 saturated heterocycles. The summed E-state index contributed by atoms with van der Waals surface area (Å²) in [5, 5.41) is 7.52. The van der Waals surface area contributed by atoms with Crippen molar-refractivity contribution in [2.45, 2.75) is 24.3 Å². The van der Waals surface area contributed by atoms with Crippen LogP contribution in [0.15, 0.2) is 36.8 Å². The summed E-state index contributed by atoms with van der Waals surface area (Å²) in [5.41, 5.74) is 0.509. The molecule has 2 atom stereocenters. The van der Waals surface area contributed by atoms with E-state index in [0.717, 1.165) is 0 Å². The fourth-order valence-electron chi connectivity index (χ4n) is 3.32. The van der Waals surface area contributed by atoms with Gasteiger partial charge in [-0.1, -0.05) is 17.7 Å². The lowest BCUT2D eigenvalue weighted by atomic mass is 10.2. The van der Waals surface area contributed by atoms with Crippen molar-refractivity contribution < 1.29 is 22.6 Å². The molecule has 3 rings (SSSR count). The summed E-state index contributed by atoms with van der Waals surface area (Å²) in [5.74, 6) is 0.518. The van der Waals surface area contributed by atoms with Gasteiger partial charge in [-0.05, 0) is 19.1 Å². The largest absolute Gasteiger partial charge is 0.382 e. The minimum Gasteiger partial charge on any atom is -0.382 e. The van der Waals surface area contributed by atoms with E-state index < -0.39 is 27.4 Å². The molecular formula is C20H26ClN7O5S. The van der Waals surface area contributed by atoms with Crippen LogP contribution in [0.25, 0.3) is 11.5 Å². The first-order valence-electron chi connectivity index (χ1n) is 10.2. The van der Waals surface area contributed by atoms with Crippen LogP contribution in [-0.2, 0) is 24.2 Å². The molecule has 0 aliphatic heterocycles. The maximum Gasteiger partial charge on any atom is 0.240 e.